The summed E-state index contributed by atoms with van der Waals surface area (Å²) >= 11 is 0. The smallest absolute Gasteiger partial charge is 0.340 e. The normalized spacial score (nSPS) is 10.8. The molecule has 1 heterocycles. The summed E-state index contributed by atoms with van der Waals surface area (Å²) in [5, 5.41) is 4.22. The van der Waals surface area contributed by atoms with E-state index in [1.54, 1.807) is 41.5 Å². The van der Waals surface area contributed by atoms with Crippen molar-refractivity contribution >= 4 is 12.0 Å². The van der Waals surface area contributed by atoms with E-state index in [1.165, 1.54) is 7.05 Å². The molecule has 0 saturated heterocycles. The minimum Gasteiger partial charge on any atom is -0.340 e. The molecule has 3 rings (SSSR count). The van der Waals surface area contributed by atoms with E-state index in [2.05, 4.69) is 15.9 Å². The molecule has 0 aliphatic carbocycles. The van der Waals surface area contributed by atoms with Crippen LogP contribution in [-0.4, -0.2) is 54.1 Å². The highest BCUT2D eigenvalue weighted by Gasteiger charge is 2.24. The number of amides is 2. The van der Waals surface area contributed by atoms with E-state index in [9.17, 15) is 9.59 Å². The summed E-state index contributed by atoms with van der Waals surface area (Å²) in [5.74, 6) is -0.138. The fraction of sp³-hybridized carbons (Fsp3) is 0.208. The highest BCUT2D eigenvalue weighted by Crippen LogP contribution is 2.27. The van der Waals surface area contributed by atoms with Crippen molar-refractivity contribution in [3.8, 4) is 0 Å². The number of hydrogen-bond acceptors (Lipinski definition) is 6. The highest BCUT2D eigenvalue weighted by atomic mass is 16.7. The maximum atomic E-state index is 12.7. The molecule has 2 aromatic carbocycles. The van der Waals surface area contributed by atoms with Gasteiger partial charge in [-0.2, -0.15) is 5.01 Å². The van der Waals surface area contributed by atoms with Crippen LogP contribution in [0.3, 0.4) is 0 Å². The molecular formula is C24H27N5O3. The predicted octanol–water partition coefficient (Wildman–Crippen LogP) is 3.02. The van der Waals surface area contributed by atoms with Gasteiger partial charge in [-0.15, -0.1) is 0 Å². The Balaban J connectivity index is 1.84. The average molecular weight is 434 g/mol. The molecule has 0 aliphatic rings. The second kappa shape index (κ2) is 11.6. The van der Waals surface area contributed by atoms with Crippen LogP contribution in [-0.2, 0) is 4.84 Å². The maximum absolute atomic E-state index is 12.7. The van der Waals surface area contributed by atoms with E-state index < -0.39 is 6.09 Å². The lowest BCUT2D eigenvalue weighted by atomic mass is 9.98. The summed E-state index contributed by atoms with van der Waals surface area (Å²) in [6, 6.07) is 23.0. The Morgan fingerprint density at radius 1 is 0.938 bits per heavy atom. The first-order valence-electron chi connectivity index (χ1n) is 10.3. The first-order chi connectivity index (χ1) is 15.6. The van der Waals surface area contributed by atoms with E-state index >= 15 is 0 Å². The van der Waals surface area contributed by atoms with Crippen molar-refractivity contribution in [2.45, 2.75) is 6.04 Å². The first-order valence-corrected chi connectivity index (χ1v) is 10.3. The molecule has 0 unspecified atom stereocenters. The third kappa shape index (κ3) is 6.13. The van der Waals surface area contributed by atoms with Crippen molar-refractivity contribution in [1.29, 1.82) is 0 Å². The Kier molecular flexibility index (Phi) is 8.30. The van der Waals surface area contributed by atoms with Crippen molar-refractivity contribution in [3.05, 3.63) is 102 Å². The van der Waals surface area contributed by atoms with E-state index in [1.807, 2.05) is 60.7 Å². The quantitative estimate of drug-likeness (QED) is 0.505. The molecule has 1 aromatic heterocycles. The van der Waals surface area contributed by atoms with Gasteiger partial charge in [-0.05, 0) is 23.3 Å². The van der Waals surface area contributed by atoms with Crippen molar-refractivity contribution < 1.29 is 14.4 Å². The largest absolute Gasteiger partial charge is 0.427 e. The van der Waals surface area contributed by atoms with Gasteiger partial charge in [0.2, 0.25) is 0 Å². The Hall–Kier alpha value is -3.75. The number of hydrazine groups is 1. The number of nitrogens with zero attached hydrogens (tertiary/aromatic N) is 3. The van der Waals surface area contributed by atoms with Crippen LogP contribution < -0.4 is 10.9 Å². The van der Waals surface area contributed by atoms with Crippen LogP contribution in [0.1, 0.15) is 27.5 Å². The molecule has 32 heavy (non-hydrogen) atoms. The molecule has 0 spiro atoms. The van der Waals surface area contributed by atoms with Crippen molar-refractivity contribution in [1.82, 2.24) is 25.8 Å². The number of carbonyl (C=O) groups is 2. The summed E-state index contributed by atoms with van der Waals surface area (Å²) in [5.41, 5.74) is 5.30. The van der Waals surface area contributed by atoms with Crippen LogP contribution in [0.2, 0.25) is 0 Å². The number of carbonyl (C=O) groups excluding carboxylic acids is 2. The molecule has 0 atom stereocenters. The lowest BCUT2D eigenvalue weighted by molar-refractivity contribution is -0.0531. The number of likely N-dealkylation sites (N-methyl/N-ethyl adjacent to an activating group) is 1. The predicted molar refractivity (Wildman–Crippen MR) is 121 cm³/mol. The van der Waals surface area contributed by atoms with E-state index in [0.29, 0.717) is 18.7 Å². The molecule has 3 aromatic rings. The van der Waals surface area contributed by atoms with Gasteiger partial charge in [-0.3, -0.25) is 9.78 Å². The van der Waals surface area contributed by atoms with Crippen LogP contribution in [0, 0.1) is 0 Å². The van der Waals surface area contributed by atoms with Gasteiger partial charge in [0.05, 0.1) is 11.6 Å². The summed E-state index contributed by atoms with van der Waals surface area (Å²) in [6.45, 7) is 0.766. The molecule has 8 nitrogen and oxygen atoms in total. The van der Waals surface area contributed by atoms with Gasteiger partial charge in [0, 0.05) is 39.6 Å². The van der Waals surface area contributed by atoms with Crippen molar-refractivity contribution in [2.24, 2.45) is 0 Å². The molecule has 0 aliphatic heterocycles. The van der Waals surface area contributed by atoms with Gasteiger partial charge < -0.3 is 15.1 Å². The van der Waals surface area contributed by atoms with Crippen LogP contribution in [0.25, 0.3) is 0 Å². The summed E-state index contributed by atoms with van der Waals surface area (Å²) in [7, 11) is 3.22. The molecule has 0 bridgehead atoms. The Bertz CT molecular complexity index is 947. The van der Waals surface area contributed by atoms with E-state index in [4.69, 9.17) is 4.84 Å². The van der Waals surface area contributed by atoms with Crippen molar-refractivity contribution in [3.63, 3.8) is 0 Å². The molecule has 166 valence electrons. The van der Waals surface area contributed by atoms with Crippen LogP contribution in [0.5, 0.6) is 0 Å². The van der Waals surface area contributed by atoms with Gasteiger partial charge in [-0.25, -0.2) is 4.79 Å². The third-order valence-electron chi connectivity index (χ3n) is 4.93. The zero-order valence-corrected chi connectivity index (χ0v) is 18.1. The molecule has 0 fully saturated rings. The number of aromatic nitrogens is 1. The van der Waals surface area contributed by atoms with Crippen molar-refractivity contribution in [2.75, 3.05) is 27.2 Å². The van der Waals surface area contributed by atoms with E-state index in [0.717, 1.165) is 11.1 Å². The standard InChI is InChI=1S/C24H27N5O3/c1-25-24(31)32-27-29(17-16-28(2)23(30)21-14-9-15-26-18-21)22(19-10-5-3-6-11-19)20-12-7-4-8-13-20/h3-15,18,22,27H,16-17H2,1-2H3,(H,25,31). The number of nitrogens with one attached hydrogen (secondary N) is 2. The second-order valence-corrected chi connectivity index (χ2v) is 7.12. The monoisotopic (exact) mass is 433 g/mol. The number of pyridine rings is 1. The zero-order valence-electron chi connectivity index (χ0n) is 18.1. The third-order valence-corrected chi connectivity index (χ3v) is 4.93. The number of rotatable bonds is 9. The first kappa shape index (κ1) is 22.9. The Labute approximate surface area is 187 Å². The van der Waals surface area contributed by atoms with Gasteiger partial charge in [0.15, 0.2) is 0 Å². The Morgan fingerprint density at radius 2 is 1.56 bits per heavy atom. The van der Waals surface area contributed by atoms with E-state index in [-0.39, 0.29) is 11.9 Å². The molecule has 0 saturated carbocycles. The Morgan fingerprint density at radius 3 is 2.09 bits per heavy atom. The zero-order chi connectivity index (χ0) is 22.8. The van der Waals surface area contributed by atoms with Crippen LogP contribution >= 0.6 is 0 Å². The van der Waals surface area contributed by atoms with Gasteiger partial charge in [0.1, 0.15) is 0 Å². The second-order valence-electron chi connectivity index (χ2n) is 7.12. The molecule has 8 heteroatoms. The molecule has 2 N–H and O–H groups in total. The van der Waals surface area contributed by atoms with Gasteiger partial charge in [-0.1, -0.05) is 66.3 Å². The average Bonchev–Trinajstić information content (AvgIpc) is 2.86. The SMILES string of the molecule is CNC(=O)ONN(CCN(C)C(=O)c1cccnc1)C(c1ccccc1)c1ccccc1. The molecule has 0 radical (unpaired) electrons. The highest BCUT2D eigenvalue weighted by molar-refractivity contribution is 5.93. The lowest BCUT2D eigenvalue weighted by Crippen LogP contribution is -2.47. The minimum absolute atomic E-state index is 0.138. The molecular weight excluding hydrogens is 406 g/mol. The summed E-state index contributed by atoms with van der Waals surface area (Å²) in [6.07, 6.45) is 2.55. The summed E-state index contributed by atoms with van der Waals surface area (Å²) in [4.78, 5) is 35.3. The number of hydrogen-bond donors (Lipinski definition) is 2. The lowest BCUT2D eigenvalue weighted by Gasteiger charge is -2.33. The minimum atomic E-state index is -0.616. The molecule has 2 amide bonds. The fourth-order valence-corrected chi connectivity index (χ4v) is 3.27. The van der Waals surface area contributed by atoms with Crippen LogP contribution in [0.15, 0.2) is 85.2 Å². The van der Waals surface area contributed by atoms with Gasteiger partial charge in [0.25, 0.3) is 5.91 Å². The maximum Gasteiger partial charge on any atom is 0.427 e. The van der Waals surface area contributed by atoms with Gasteiger partial charge >= 0.3 is 6.09 Å². The number of benzene rings is 2. The topological polar surface area (TPSA) is 86.8 Å². The van der Waals surface area contributed by atoms with Crippen LogP contribution in [0.4, 0.5) is 4.79 Å². The summed E-state index contributed by atoms with van der Waals surface area (Å²) < 4.78 is 0. The fourth-order valence-electron chi connectivity index (χ4n) is 3.27.